The summed E-state index contributed by atoms with van der Waals surface area (Å²) < 4.78 is 17.6. The molecule has 0 atom stereocenters. The van der Waals surface area contributed by atoms with E-state index in [1.54, 1.807) is 31.3 Å². The van der Waals surface area contributed by atoms with Crippen molar-refractivity contribution in [1.82, 2.24) is 4.90 Å². The molecule has 4 rings (SSSR count). The van der Waals surface area contributed by atoms with E-state index in [2.05, 4.69) is 27.6 Å². The second-order valence-corrected chi connectivity index (χ2v) is 10.2. The van der Waals surface area contributed by atoms with E-state index in [9.17, 15) is 14.9 Å². The maximum atomic E-state index is 13.1. The number of halogens is 1. The van der Waals surface area contributed by atoms with Gasteiger partial charge in [-0.05, 0) is 107 Å². The average Bonchev–Trinajstić information content (AvgIpc) is 3.21. The number of likely N-dealkylation sites (N-methyl/N-ethyl adjacent to an activating group) is 1. The van der Waals surface area contributed by atoms with Gasteiger partial charge in [0, 0.05) is 18.7 Å². The highest BCUT2D eigenvalue weighted by atomic mass is 127. The molecule has 196 valence electrons. The number of aliphatic imine (C=N–C) groups is 1. The van der Waals surface area contributed by atoms with Crippen molar-refractivity contribution in [1.29, 1.82) is 0 Å². The fraction of sp³-hybridized carbons (Fsp3) is 0.185. The lowest BCUT2D eigenvalue weighted by atomic mass is 10.1. The SMILES string of the molecule is CCN1C(=O)/C(=C\c2cc(I)c(OCc3ccc([N+](=O)[O-])cc3)c(OC)c2)SC1=Nc1ccc(OC)cc1. The number of nitro groups is 1. The van der Waals surface area contributed by atoms with Gasteiger partial charge >= 0.3 is 0 Å². The minimum atomic E-state index is -0.440. The molecule has 38 heavy (non-hydrogen) atoms. The van der Waals surface area contributed by atoms with Crippen molar-refractivity contribution in [3.05, 3.63) is 90.4 Å². The molecule has 9 nitrogen and oxygen atoms in total. The van der Waals surface area contributed by atoms with Crippen LogP contribution < -0.4 is 14.2 Å². The molecule has 0 bridgehead atoms. The van der Waals surface area contributed by atoms with Crippen molar-refractivity contribution in [2.75, 3.05) is 20.8 Å². The number of carbonyl (C=O) groups is 1. The van der Waals surface area contributed by atoms with Crippen LogP contribution in [0, 0.1) is 13.7 Å². The first-order valence-corrected chi connectivity index (χ1v) is 13.4. The fourth-order valence-corrected chi connectivity index (χ4v) is 5.46. The molecule has 1 heterocycles. The number of ether oxygens (including phenoxy) is 3. The number of nitro benzene ring substituents is 1. The number of carbonyl (C=O) groups excluding carboxylic acids is 1. The fourth-order valence-electron chi connectivity index (χ4n) is 3.62. The Kier molecular flexibility index (Phi) is 8.89. The molecule has 1 fully saturated rings. The van der Waals surface area contributed by atoms with Gasteiger partial charge in [-0.25, -0.2) is 4.99 Å². The molecule has 3 aromatic rings. The van der Waals surface area contributed by atoms with Gasteiger partial charge in [-0.3, -0.25) is 19.8 Å². The first kappa shape index (κ1) is 27.5. The highest BCUT2D eigenvalue weighted by Gasteiger charge is 2.32. The number of hydrogen-bond acceptors (Lipinski definition) is 8. The van der Waals surface area contributed by atoms with Gasteiger partial charge in [-0.2, -0.15) is 0 Å². The van der Waals surface area contributed by atoms with Crippen molar-refractivity contribution < 1.29 is 23.9 Å². The van der Waals surface area contributed by atoms with Crippen LogP contribution in [-0.2, 0) is 11.4 Å². The van der Waals surface area contributed by atoms with Crippen LogP contribution in [-0.4, -0.2) is 41.7 Å². The summed E-state index contributed by atoms with van der Waals surface area (Å²) in [6.45, 7) is 2.62. The van der Waals surface area contributed by atoms with Crippen LogP contribution in [0.15, 0.2) is 70.6 Å². The zero-order chi connectivity index (χ0) is 27.2. The smallest absolute Gasteiger partial charge is 0.269 e. The van der Waals surface area contributed by atoms with E-state index >= 15 is 0 Å². The molecule has 0 aliphatic carbocycles. The van der Waals surface area contributed by atoms with Crippen LogP contribution in [0.25, 0.3) is 6.08 Å². The number of thioether (sulfide) groups is 1. The molecule has 1 aliphatic heterocycles. The minimum Gasteiger partial charge on any atom is -0.497 e. The number of methoxy groups -OCH3 is 2. The molecule has 0 unspecified atom stereocenters. The third-order valence-electron chi connectivity index (χ3n) is 5.58. The van der Waals surface area contributed by atoms with Gasteiger partial charge in [-0.1, -0.05) is 0 Å². The molecule has 0 saturated carbocycles. The van der Waals surface area contributed by atoms with E-state index in [4.69, 9.17) is 14.2 Å². The number of hydrogen-bond donors (Lipinski definition) is 0. The summed E-state index contributed by atoms with van der Waals surface area (Å²) in [6.07, 6.45) is 1.82. The topological polar surface area (TPSA) is 104 Å². The van der Waals surface area contributed by atoms with Crippen LogP contribution in [0.3, 0.4) is 0 Å². The van der Waals surface area contributed by atoms with Gasteiger partial charge < -0.3 is 14.2 Å². The lowest BCUT2D eigenvalue weighted by Gasteiger charge is -2.14. The second-order valence-electron chi connectivity index (χ2n) is 8.00. The summed E-state index contributed by atoms with van der Waals surface area (Å²) >= 11 is 3.48. The minimum absolute atomic E-state index is 0.0245. The first-order valence-electron chi connectivity index (χ1n) is 11.5. The van der Waals surface area contributed by atoms with Gasteiger partial charge in [0.25, 0.3) is 11.6 Å². The van der Waals surface area contributed by atoms with Crippen LogP contribution in [0.4, 0.5) is 11.4 Å². The Hall–Kier alpha value is -3.58. The van der Waals surface area contributed by atoms with E-state index in [-0.39, 0.29) is 18.2 Å². The van der Waals surface area contributed by atoms with Gasteiger partial charge in [0.2, 0.25) is 0 Å². The monoisotopic (exact) mass is 645 g/mol. The number of rotatable bonds is 9. The normalized spacial score (nSPS) is 15.3. The first-order chi connectivity index (χ1) is 18.3. The van der Waals surface area contributed by atoms with Crippen molar-refractivity contribution >= 4 is 62.9 Å². The van der Waals surface area contributed by atoms with Gasteiger partial charge in [0.1, 0.15) is 12.4 Å². The Morgan fingerprint density at radius 2 is 1.79 bits per heavy atom. The molecule has 0 radical (unpaired) electrons. The molecule has 1 aliphatic rings. The number of amidine groups is 1. The van der Waals surface area contributed by atoms with Crippen molar-refractivity contribution in [2.24, 2.45) is 4.99 Å². The van der Waals surface area contributed by atoms with Crippen molar-refractivity contribution in [2.45, 2.75) is 13.5 Å². The van der Waals surface area contributed by atoms with E-state index < -0.39 is 4.92 Å². The number of amides is 1. The molecule has 3 aromatic carbocycles. The molecule has 11 heteroatoms. The number of non-ortho nitro benzene ring substituents is 1. The summed E-state index contributed by atoms with van der Waals surface area (Å²) in [5, 5.41) is 11.5. The Morgan fingerprint density at radius 1 is 1.08 bits per heavy atom. The third-order valence-corrected chi connectivity index (χ3v) is 7.39. The highest BCUT2D eigenvalue weighted by molar-refractivity contribution is 14.1. The summed E-state index contributed by atoms with van der Waals surface area (Å²) in [5.41, 5.74) is 2.32. The quantitative estimate of drug-likeness (QED) is 0.115. The van der Waals surface area contributed by atoms with E-state index in [0.717, 1.165) is 26.1 Å². The molecule has 0 N–H and O–H groups in total. The van der Waals surface area contributed by atoms with Gasteiger partial charge in [-0.15, -0.1) is 0 Å². The summed E-state index contributed by atoms with van der Waals surface area (Å²) in [6, 6.07) is 17.3. The van der Waals surface area contributed by atoms with Crippen molar-refractivity contribution in [3.8, 4) is 17.2 Å². The molecular weight excluding hydrogens is 621 g/mol. The van der Waals surface area contributed by atoms with E-state index in [1.165, 1.54) is 23.9 Å². The van der Waals surface area contributed by atoms with Crippen LogP contribution in [0.2, 0.25) is 0 Å². The summed E-state index contributed by atoms with van der Waals surface area (Å²) in [4.78, 5) is 30.4. The van der Waals surface area contributed by atoms with Gasteiger partial charge in [0.15, 0.2) is 16.7 Å². The molecule has 0 spiro atoms. The summed E-state index contributed by atoms with van der Waals surface area (Å²) in [5.74, 6) is 1.69. The van der Waals surface area contributed by atoms with Crippen LogP contribution >= 0.6 is 34.4 Å². The average molecular weight is 645 g/mol. The Bertz CT molecular complexity index is 1410. The number of nitrogens with zero attached hydrogens (tertiary/aromatic N) is 3. The van der Waals surface area contributed by atoms with E-state index in [1.807, 2.05) is 49.4 Å². The van der Waals surface area contributed by atoms with Crippen LogP contribution in [0.1, 0.15) is 18.1 Å². The molecule has 1 saturated heterocycles. The predicted molar refractivity (Wildman–Crippen MR) is 156 cm³/mol. The molecule has 0 aromatic heterocycles. The molecular formula is C27H24IN3O6S. The molecule has 1 amide bonds. The maximum Gasteiger partial charge on any atom is 0.269 e. The standard InChI is InChI=1S/C27H24IN3O6S/c1-4-30-26(32)24(38-27(30)29-19-7-11-21(35-2)12-8-19)15-18-13-22(28)25(23(14-18)36-3)37-16-17-5-9-20(10-6-17)31(33)34/h5-15H,4,16H2,1-3H3/b24-15+,29-27?. The van der Waals surface area contributed by atoms with Crippen LogP contribution in [0.5, 0.6) is 17.2 Å². The summed E-state index contributed by atoms with van der Waals surface area (Å²) in [7, 11) is 3.16. The zero-order valence-electron chi connectivity index (χ0n) is 20.8. The Morgan fingerprint density at radius 3 is 2.39 bits per heavy atom. The second kappa shape index (κ2) is 12.3. The zero-order valence-corrected chi connectivity index (χ0v) is 23.8. The van der Waals surface area contributed by atoms with Gasteiger partial charge in [0.05, 0.1) is 33.3 Å². The lowest BCUT2D eigenvalue weighted by Crippen LogP contribution is -2.28. The van der Waals surface area contributed by atoms with Crippen molar-refractivity contribution in [3.63, 3.8) is 0 Å². The third kappa shape index (κ3) is 6.27. The number of benzene rings is 3. The Labute approximate surface area is 237 Å². The highest BCUT2D eigenvalue weighted by Crippen LogP contribution is 2.38. The maximum absolute atomic E-state index is 13.1. The largest absolute Gasteiger partial charge is 0.497 e. The Balaban J connectivity index is 1.55. The lowest BCUT2D eigenvalue weighted by molar-refractivity contribution is -0.384. The predicted octanol–water partition coefficient (Wildman–Crippen LogP) is 6.42. The van der Waals surface area contributed by atoms with E-state index in [0.29, 0.717) is 28.1 Å².